The van der Waals surface area contributed by atoms with E-state index in [1.165, 1.54) is 96.4 Å². The summed E-state index contributed by atoms with van der Waals surface area (Å²) in [5.41, 5.74) is 2.95. The molecule has 4 rings (SSSR count). The standard InChI is InChI=1S/C38H58N2O2S2/c1-3-4-5-6-7-8-9-10-11-12-13-14-15-21-38(41)42-29-18-24-39-25-27-40(28-26-39)35-30-32-19-16-17-20-36(32)44-37-23-22-33(43-2)31-34(35)37/h16-17,19-20,22-23,31,35H,3-15,18,21,24-30H2,1-2H3. The number of ether oxygens (including phenoxy) is 1. The minimum Gasteiger partial charge on any atom is -0.466 e. The summed E-state index contributed by atoms with van der Waals surface area (Å²) < 4.78 is 5.58. The van der Waals surface area contributed by atoms with Crippen molar-refractivity contribution in [2.75, 3.05) is 45.6 Å². The van der Waals surface area contributed by atoms with Gasteiger partial charge >= 0.3 is 5.97 Å². The number of piperazine rings is 1. The number of esters is 1. The maximum Gasteiger partial charge on any atom is 0.305 e. The fraction of sp³-hybridized carbons (Fsp3) is 0.658. The van der Waals surface area contributed by atoms with Gasteiger partial charge in [0.25, 0.3) is 0 Å². The Morgan fingerprint density at radius 1 is 0.818 bits per heavy atom. The van der Waals surface area contributed by atoms with Crippen LogP contribution in [0.25, 0.3) is 0 Å². The zero-order valence-electron chi connectivity index (χ0n) is 27.7. The predicted molar refractivity (Wildman–Crippen MR) is 189 cm³/mol. The summed E-state index contributed by atoms with van der Waals surface area (Å²) in [6.45, 7) is 8.17. The van der Waals surface area contributed by atoms with Gasteiger partial charge in [0.2, 0.25) is 0 Å². The van der Waals surface area contributed by atoms with Crippen LogP contribution < -0.4 is 0 Å². The molecule has 6 heteroatoms. The van der Waals surface area contributed by atoms with E-state index in [0.717, 1.165) is 58.4 Å². The van der Waals surface area contributed by atoms with E-state index in [1.807, 2.05) is 23.5 Å². The van der Waals surface area contributed by atoms with Crippen LogP contribution in [0.2, 0.25) is 0 Å². The molecule has 2 aliphatic heterocycles. The molecular weight excluding hydrogens is 581 g/mol. The highest BCUT2D eigenvalue weighted by atomic mass is 32.2. The molecule has 244 valence electrons. The van der Waals surface area contributed by atoms with Gasteiger partial charge in [0.05, 0.1) is 6.61 Å². The molecule has 2 heterocycles. The maximum atomic E-state index is 12.2. The van der Waals surface area contributed by atoms with Crippen molar-refractivity contribution in [2.45, 2.75) is 130 Å². The number of unbranched alkanes of at least 4 members (excludes halogenated alkanes) is 12. The van der Waals surface area contributed by atoms with Crippen molar-refractivity contribution in [3.63, 3.8) is 0 Å². The van der Waals surface area contributed by atoms with Gasteiger partial charge in [-0.25, -0.2) is 0 Å². The molecule has 0 saturated carbocycles. The van der Waals surface area contributed by atoms with Crippen molar-refractivity contribution in [3.8, 4) is 0 Å². The van der Waals surface area contributed by atoms with E-state index in [4.69, 9.17) is 4.74 Å². The van der Waals surface area contributed by atoms with Crippen molar-refractivity contribution in [3.05, 3.63) is 53.6 Å². The topological polar surface area (TPSA) is 32.8 Å². The van der Waals surface area contributed by atoms with Gasteiger partial charge in [-0.3, -0.25) is 9.69 Å². The molecule has 0 aromatic heterocycles. The molecule has 2 aromatic carbocycles. The van der Waals surface area contributed by atoms with Crippen LogP contribution in [0, 0.1) is 0 Å². The molecule has 2 aliphatic rings. The molecule has 0 N–H and O–H groups in total. The summed E-state index contributed by atoms with van der Waals surface area (Å²) in [6, 6.07) is 16.4. The fourth-order valence-electron chi connectivity index (χ4n) is 6.67. The summed E-state index contributed by atoms with van der Waals surface area (Å²) in [5.74, 6) is -0.00677. The molecule has 0 aliphatic carbocycles. The van der Waals surface area contributed by atoms with Gasteiger partial charge in [0, 0.05) is 59.9 Å². The van der Waals surface area contributed by atoms with Crippen LogP contribution in [0.5, 0.6) is 0 Å². The van der Waals surface area contributed by atoms with Gasteiger partial charge in [0.15, 0.2) is 0 Å². The first-order valence-corrected chi connectivity index (χ1v) is 19.8. The molecular formula is C38H58N2O2S2. The molecule has 1 saturated heterocycles. The fourth-order valence-corrected chi connectivity index (χ4v) is 8.24. The van der Waals surface area contributed by atoms with Crippen molar-refractivity contribution in [2.24, 2.45) is 0 Å². The van der Waals surface area contributed by atoms with Gasteiger partial charge in [-0.05, 0) is 60.9 Å². The van der Waals surface area contributed by atoms with E-state index in [2.05, 4.69) is 65.4 Å². The number of hydrogen-bond acceptors (Lipinski definition) is 6. The van der Waals surface area contributed by atoms with Crippen LogP contribution in [0.15, 0.2) is 57.2 Å². The summed E-state index contributed by atoms with van der Waals surface area (Å²) in [5, 5.41) is 0. The highest BCUT2D eigenvalue weighted by Crippen LogP contribution is 2.44. The Hall–Kier alpha value is -1.47. The van der Waals surface area contributed by atoms with E-state index in [-0.39, 0.29) is 5.97 Å². The predicted octanol–water partition coefficient (Wildman–Crippen LogP) is 10.2. The average Bonchev–Trinajstić information content (AvgIpc) is 3.22. The van der Waals surface area contributed by atoms with Crippen LogP contribution in [-0.2, 0) is 16.0 Å². The zero-order valence-corrected chi connectivity index (χ0v) is 29.3. The van der Waals surface area contributed by atoms with Gasteiger partial charge in [0.1, 0.15) is 0 Å². The Morgan fingerprint density at radius 2 is 1.48 bits per heavy atom. The second-order valence-corrected chi connectivity index (χ2v) is 14.7. The molecule has 1 unspecified atom stereocenters. The number of nitrogens with zero attached hydrogens (tertiary/aromatic N) is 2. The van der Waals surface area contributed by atoms with Crippen molar-refractivity contribution in [1.29, 1.82) is 0 Å². The van der Waals surface area contributed by atoms with E-state index in [1.54, 1.807) is 0 Å². The summed E-state index contributed by atoms with van der Waals surface area (Å²) in [6.07, 6.45) is 22.0. The SMILES string of the molecule is CCCCCCCCCCCCCCCC(=O)OCCCN1CCN(C2Cc3ccccc3Sc3ccc(SC)cc32)CC1. The Balaban J connectivity index is 1.06. The minimum atomic E-state index is -0.00677. The maximum absolute atomic E-state index is 12.2. The normalized spacial score (nSPS) is 17.2. The third kappa shape index (κ3) is 12.0. The number of hydrogen-bond donors (Lipinski definition) is 0. The monoisotopic (exact) mass is 638 g/mol. The third-order valence-electron chi connectivity index (χ3n) is 9.40. The van der Waals surface area contributed by atoms with Gasteiger partial charge in [-0.15, -0.1) is 11.8 Å². The van der Waals surface area contributed by atoms with Crippen molar-refractivity contribution >= 4 is 29.5 Å². The molecule has 1 atom stereocenters. The molecule has 0 bridgehead atoms. The van der Waals surface area contributed by atoms with Gasteiger partial charge < -0.3 is 9.64 Å². The number of benzene rings is 2. The van der Waals surface area contributed by atoms with E-state index < -0.39 is 0 Å². The van der Waals surface area contributed by atoms with Gasteiger partial charge in [-0.1, -0.05) is 114 Å². The Bertz CT molecular complexity index is 1100. The first-order chi connectivity index (χ1) is 21.7. The van der Waals surface area contributed by atoms with Gasteiger partial charge in [-0.2, -0.15) is 0 Å². The highest BCUT2D eigenvalue weighted by Gasteiger charge is 2.30. The molecule has 44 heavy (non-hydrogen) atoms. The summed E-state index contributed by atoms with van der Waals surface area (Å²) in [7, 11) is 0. The molecule has 0 radical (unpaired) electrons. The number of carbonyl (C=O) groups is 1. The first kappa shape index (κ1) is 35.4. The second kappa shape index (κ2) is 20.6. The largest absolute Gasteiger partial charge is 0.466 e. The first-order valence-electron chi connectivity index (χ1n) is 17.7. The highest BCUT2D eigenvalue weighted by molar-refractivity contribution is 7.99. The Morgan fingerprint density at radius 3 is 2.16 bits per heavy atom. The average molecular weight is 639 g/mol. The number of thioether (sulfide) groups is 1. The molecule has 0 spiro atoms. The lowest BCUT2D eigenvalue weighted by Crippen LogP contribution is -2.48. The molecule has 2 aromatic rings. The van der Waals surface area contributed by atoms with E-state index in [0.29, 0.717) is 19.1 Å². The van der Waals surface area contributed by atoms with Crippen LogP contribution in [0.1, 0.15) is 120 Å². The Labute approximate surface area is 277 Å². The zero-order chi connectivity index (χ0) is 30.8. The molecule has 0 amide bonds. The van der Waals surface area contributed by atoms with Crippen LogP contribution in [-0.4, -0.2) is 61.4 Å². The molecule has 1 fully saturated rings. The van der Waals surface area contributed by atoms with Crippen molar-refractivity contribution < 1.29 is 9.53 Å². The number of carbonyl (C=O) groups excluding carboxylic acids is 1. The van der Waals surface area contributed by atoms with Crippen LogP contribution in [0.4, 0.5) is 0 Å². The number of fused-ring (bicyclic) bond motifs is 2. The smallest absolute Gasteiger partial charge is 0.305 e. The van der Waals surface area contributed by atoms with Crippen molar-refractivity contribution in [1.82, 2.24) is 9.80 Å². The lowest BCUT2D eigenvalue weighted by atomic mass is 9.96. The number of rotatable bonds is 20. The molecule has 4 nitrogen and oxygen atoms in total. The third-order valence-corrected chi connectivity index (χ3v) is 11.3. The van der Waals surface area contributed by atoms with Crippen LogP contribution >= 0.6 is 23.5 Å². The minimum absolute atomic E-state index is 0.00677. The Kier molecular flexibility index (Phi) is 16.6. The van der Waals surface area contributed by atoms with Crippen LogP contribution in [0.3, 0.4) is 0 Å². The second-order valence-electron chi connectivity index (χ2n) is 12.8. The van der Waals surface area contributed by atoms with E-state index in [9.17, 15) is 4.79 Å². The summed E-state index contributed by atoms with van der Waals surface area (Å²) >= 11 is 3.77. The lowest BCUT2D eigenvalue weighted by molar-refractivity contribution is -0.144. The quantitative estimate of drug-likeness (QED) is 0.0815. The lowest BCUT2D eigenvalue weighted by Gasteiger charge is -2.39. The van der Waals surface area contributed by atoms with E-state index >= 15 is 0 Å². The summed E-state index contributed by atoms with van der Waals surface area (Å²) in [4.78, 5) is 21.6.